The van der Waals surface area contributed by atoms with Crippen LogP contribution in [0.4, 0.5) is 0 Å². The Bertz CT molecular complexity index is 478. The molecule has 1 aromatic rings. The second-order valence-electron chi connectivity index (χ2n) is 5.77. The Balaban J connectivity index is 1.91. The Morgan fingerprint density at radius 2 is 2.00 bits per heavy atom. The predicted molar refractivity (Wildman–Crippen MR) is 87.2 cm³/mol. The second-order valence-corrected chi connectivity index (χ2v) is 5.77. The molecule has 1 aliphatic rings. The zero-order valence-corrected chi connectivity index (χ0v) is 13.0. The van der Waals surface area contributed by atoms with E-state index >= 15 is 0 Å². The molecule has 0 saturated heterocycles. The average molecular weight is 287 g/mol. The molecule has 3 nitrogen and oxygen atoms in total. The molecule has 2 atom stereocenters. The molecule has 1 aromatic carbocycles. The fourth-order valence-corrected chi connectivity index (χ4v) is 2.72. The van der Waals surface area contributed by atoms with Gasteiger partial charge in [-0.1, -0.05) is 37.1 Å². The van der Waals surface area contributed by atoms with E-state index in [1.54, 1.807) is 0 Å². The first-order valence-corrected chi connectivity index (χ1v) is 7.75. The maximum absolute atomic E-state index is 9.55. The largest absolute Gasteiger partial charge is 0.488 e. The zero-order valence-electron chi connectivity index (χ0n) is 13.0. The first kappa shape index (κ1) is 15.8. The normalized spacial score (nSPS) is 21.7. The molecule has 21 heavy (non-hydrogen) atoms. The summed E-state index contributed by atoms with van der Waals surface area (Å²) >= 11 is 0. The molecule has 2 unspecified atom stereocenters. The van der Waals surface area contributed by atoms with Gasteiger partial charge in [-0.3, -0.25) is 4.99 Å². The molecule has 0 spiro atoms. The van der Waals surface area contributed by atoms with Gasteiger partial charge in [0.1, 0.15) is 11.9 Å². The summed E-state index contributed by atoms with van der Waals surface area (Å²) in [7, 11) is 0. The summed E-state index contributed by atoms with van der Waals surface area (Å²) in [6.45, 7) is 4.26. The van der Waals surface area contributed by atoms with Gasteiger partial charge in [-0.25, -0.2) is 0 Å². The van der Waals surface area contributed by atoms with Gasteiger partial charge >= 0.3 is 0 Å². The van der Waals surface area contributed by atoms with E-state index < -0.39 is 0 Å². The minimum atomic E-state index is -0.175. The Morgan fingerprint density at radius 1 is 1.24 bits per heavy atom. The van der Waals surface area contributed by atoms with E-state index in [1.807, 2.05) is 43.5 Å². The van der Waals surface area contributed by atoms with Crippen molar-refractivity contribution in [3.63, 3.8) is 0 Å². The van der Waals surface area contributed by atoms with Gasteiger partial charge in [-0.05, 0) is 44.4 Å². The highest BCUT2D eigenvalue weighted by Crippen LogP contribution is 2.30. The zero-order chi connectivity index (χ0) is 15.1. The molecule has 1 heterocycles. The topological polar surface area (TPSA) is 41.8 Å². The van der Waals surface area contributed by atoms with Crippen molar-refractivity contribution < 1.29 is 9.84 Å². The molecule has 2 rings (SSSR count). The summed E-state index contributed by atoms with van der Waals surface area (Å²) < 4.78 is 5.88. The van der Waals surface area contributed by atoms with E-state index in [-0.39, 0.29) is 18.2 Å². The minimum Gasteiger partial charge on any atom is -0.488 e. The number of hydrogen-bond donors (Lipinski definition) is 1. The third-order valence-corrected chi connectivity index (χ3v) is 3.93. The summed E-state index contributed by atoms with van der Waals surface area (Å²) in [5, 5.41) is 9.55. The fourth-order valence-electron chi connectivity index (χ4n) is 2.72. The Labute approximate surface area is 127 Å². The van der Waals surface area contributed by atoms with Crippen LogP contribution in [-0.2, 0) is 0 Å². The SMILES string of the molecule is CCCC1(CCC(CO)Oc2ccc(C)cc2)C=CC=N1. The van der Waals surface area contributed by atoms with Crippen LogP contribution in [0.5, 0.6) is 5.75 Å². The van der Waals surface area contributed by atoms with Gasteiger partial charge in [0.2, 0.25) is 0 Å². The maximum Gasteiger partial charge on any atom is 0.122 e. The van der Waals surface area contributed by atoms with Crippen molar-refractivity contribution >= 4 is 6.21 Å². The van der Waals surface area contributed by atoms with Crippen LogP contribution in [0, 0.1) is 6.92 Å². The van der Waals surface area contributed by atoms with E-state index in [2.05, 4.69) is 18.0 Å². The summed E-state index contributed by atoms with van der Waals surface area (Å²) in [5.74, 6) is 0.814. The molecule has 0 fully saturated rings. The van der Waals surface area contributed by atoms with Crippen LogP contribution in [-0.4, -0.2) is 29.6 Å². The standard InChI is InChI=1S/C18H25NO2/c1-3-10-18(11-4-13-19-18)12-9-17(14-20)21-16-7-5-15(2)6-8-16/h4-8,11,13,17,20H,3,9-10,12,14H2,1-2H3. The van der Waals surface area contributed by atoms with Crippen LogP contribution in [0.2, 0.25) is 0 Å². The monoisotopic (exact) mass is 287 g/mol. The third-order valence-electron chi connectivity index (χ3n) is 3.93. The number of allylic oxidation sites excluding steroid dienone is 1. The Hall–Kier alpha value is -1.61. The lowest BCUT2D eigenvalue weighted by Crippen LogP contribution is -2.28. The number of aliphatic hydroxyl groups excluding tert-OH is 1. The number of aryl methyl sites for hydroxylation is 1. The second kappa shape index (κ2) is 7.41. The summed E-state index contributed by atoms with van der Waals surface area (Å²) in [6, 6.07) is 7.94. The van der Waals surface area contributed by atoms with E-state index in [9.17, 15) is 5.11 Å². The molecular formula is C18H25NO2. The molecule has 114 valence electrons. The molecule has 0 radical (unpaired) electrons. The van der Waals surface area contributed by atoms with Crippen LogP contribution < -0.4 is 4.74 Å². The third kappa shape index (κ3) is 4.43. The number of rotatable bonds is 8. The highest BCUT2D eigenvalue weighted by molar-refractivity contribution is 5.75. The van der Waals surface area contributed by atoms with Gasteiger partial charge in [-0.15, -0.1) is 0 Å². The van der Waals surface area contributed by atoms with E-state index in [0.29, 0.717) is 0 Å². The molecule has 1 N–H and O–H groups in total. The predicted octanol–water partition coefficient (Wildman–Crippen LogP) is 3.69. The highest BCUT2D eigenvalue weighted by atomic mass is 16.5. The lowest BCUT2D eigenvalue weighted by Gasteiger charge is -2.26. The molecule has 0 amide bonds. The number of nitrogens with zero attached hydrogens (tertiary/aromatic N) is 1. The van der Waals surface area contributed by atoms with Crippen LogP contribution in [0.25, 0.3) is 0 Å². The average Bonchev–Trinajstić information content (AvgIpc) is 2.95. The number of ether oxygens (including phenoxy) is 1. The fraction of sp³-hybridized carbons (Fsp3) is 0.500. The molecule has 1 aliphatic heterocycles. The van der Waals surface area contributed by atoms with Crippen LogP contribution in [0.15, 0.2) is 41.4 Å². The molecule has 3 heteroatoms. The van der Waals surface area contributed by atoms with Crippen molar-refractivity contribution in [2.45, 2.75) is 51.2 Å². The summed E-state index contributed by atoms with van der Waals surface area (Å²) in [5.41, 5.74) is 1.12. The van der Waals surface area contributed by atoms with Crippen LogP contribution in [0.1, 0.15) is 38.2 Å². The lowest BCUT2D eigenvalue weighted by atomic mass is 9.88. The van der Waals surface area contributed by atoms with E-state index in [1.165, 1.54) is 5.56 Å². The van der Waals surface area contributed by atoms with Crippen LogP contribution in [0.3, 0.4) is 0 Å². The van der Waals surface area contributed by atoms with Gasteiger partial charge in [0, 0.05) is 6.21 Å². The molecule has 0 saturated carbocycles. The minimum absolute atomic E-state index is 0.0313. The number of aliphatic hydroxyl groups is 1. The summed E-state index contributed by atoms with van der Waals surface area (Å²) in [4.78, 5) is 4.61. The molecule has 0 aliphatic carbocycles. The molecular weight excluding hydrogens is 262 g/mol. The van der Waals surface area contributed by atoms with Crippen molar-refractivity contribution in [3.8, 4) is 5.75 Å². The summed E-state index contributed by atoms with van der Waals surface area (Å²) in [6.07, 6.45) is 9.75. The lowest BCUT2D eigenvalue weighted by molar-refractivity contribution is 0.102. The smallest absolute Gasteiger partial charge is 0.122 e. The van der Waals surface area contributed by atoms with Gasteiger partial charge in [0.15, 0.2) is 0 Å². The Kier molecular flexibility index (Phi) is 5.57. The van der Waals surface area contributed by atoms with E-state index in [0.717, 1.165) is 31.4 Å². The number of hydrogen-bond acceptors (Lipinski definition) is 3. The van der Waals surface area contributed by atoms with E-state index in [4.69, 9.17) is 4.74 Å². The number of aliphatic imine (C=N–C) groups is 1. The van der Waals surface area contributed by atoms with Gasteiger partial charge < -0.3 is 9.84 Å². The molecule has 0 bridgehead atoms. The van der Waals surface area contributed by atoms with Crippen molar-refractivity contribution in [1.29, 1.82) is 0 Å². The van der Waals surface area contributed by atoms with Gasteiger partial charge in [0.25, 0.3) is 0 Å². The molecule has 0 aromatic heterocycles. The Morgan fingerprint density at radius 3 is 2.57 bits per heavy atom. The highest BCUT2D eigenvalue weighted by Gasteiger charge is 2.28. The van der Waals surface area contributed by atoms with Gasteiger partial charge in [-0.2, -0.15) is 0 Å². The van der Waals surface area contributed by atoms with Gasteiger partial charge in [0.05, 0.1) is 12.1 Å². The van der Waals surface area contributed by atoms with Crippen molar-refractivity contribution in [2.75, 3.05) is 6.61 Å². The number of benzene rings is 1. The van der Waals surface area contributed by atoms with Crippen LogP contribution >= 0.6 is 0 Å². The van der Waals surface area contributed by atoms with Crippen molar-refractivity contribution in [2.24, 2.45) is 4.99 Å². The quantitative estimate of drug-likeness (QED) is 0.792. The van der Waals surface area contributed by atoms with Crippen molar-refractivity contribution in [3.05, 3.63) is 42.0 Å². The first-order chi connectivity index (χ1) is 10.2. The first-order valence-electron chi connectivity index (χ1n) is 7.75. The van der Waals surface area contributed by atoms with Crippen molar-refractivity contribution in [1.82, 2.24) is 0 Å². The maximum atomic E-state index is 9.55.